The average molecular weight is 422 g/mol. The second-order valence-electron chi connectivity index (χ2n) is 6.07. The van der Waals surface area contributed by atoms with E-state index >= 15 is 0 Å². The molecule has 0 aromatic heterocycles. The van der Waals surface area contributed by atoms with Gasteiger partial charge in [0.05, 0.1) is 13.2 Å². The lowest BCUT2D eigenvalue weighted by Gasteiger charge is -2.41. The van der Waals surface area contributed by atoms with E-state index in [0.29, 0.717) is 0 Å². The molecule has 0 radical (unpaired) electrons. The summed E-state index contributed by atoms with van der Waals surface area (Å²) in [6, 6.07) is 0. The highest BCUT2D eigenvalue weighted by Gasteiger charge is 2.50. The quantitative estimate of drug-likeness (QED) is 0.182. The molecular weight excluding hydrogens is 399 g/mol. The highest BCUT2D eigenvalue weighted by atomic mass is 31.2. The average Bonchev–Trinajstić information content (AvgIpc) is 2.62. The molecular formula is C12H23O14P. The zero-order valence-corrected chi connectivity index (χ0v) is 14.6. The highest BCUT2D eigenvalue weighted by molar-refractivity contribution is 7.47. The Hall–Kier alpha value is -0.290. The van der Waals surface area contributed by atoms with Crippen LogP contribution in [0.25, 0.3) is 0 Å². The normalized spacial score (nSPS) is 46.4. The molecule has 0 spiro atoms. The van der Waals surface area contributed by atoms with Crippen LogP contribution in [0.2, 0.25) is 0 Å². The van der Waals surface area contributed by atoms with Crippen LogP contribution >= 0.6 is 7.82 Å². The van der Waals surface area contributed by atoms with E-state index < -0.39 is 82.4 Å². The molecule has 2 heterocycles. The number of rotatable bonds is 6. The van der Waals surface area contributed by atoms with Gasteiger partial charge in [0, 0.05) is 0 Å². The Morgan fingerprint density at radius 3 is 1.30 bits per heavy atom. The van der Waals surface area contributed by atoms with E-state index in [4.69, 9.17) is 19.7 Å². The summed E-state index contributed by atoms with van der Waals surface area (Å²) in [5.74, 6) is 0. The van der Waals surface area contributed by atoms with Crippen LogP contribution in [0.5, 0.6) is 0 Å². The molecule has 0 aromatic rings. The van der Waals surface area contributed by atoms with E-state index in [1.165, 1.54) is 0 Å². The molecule has 0 aromatic carbocycles. The fourth-order valence-electron chi connectivity index (χ4n) is 2.60. The van der Waals surface area contributed by atoms with Crippen molar-refractivity contribution in [1.82, 2.24) is 0 Å². The smallest absolute Gasteiger partial charge is 0.394 e. The van der Waals surface area contributed by atoms with Crippen molar-refractivity contribution in [3.8, 4) is 0 Å². The van der Waals surface area contributed by atoms with Gasteiger partial charge in [0.25, 0.3) is 0 Å². The Morgan fingerprint density at radius 2 is 1.00 bits per heavy atom. The van der Waals surface area contributed by atoms with E-state index in [1.807, 2.05) is 0 Å². The van der Waals surface area contributed by atoms with E-state index in [-0.39, 0.29) is 0 Å². The van der Waals surface area contributed by atoms with Crippen LogP contribution in [-0.2, 0) is 23.1 Å². The van der Waals surface area contributed by atoms with Gasteiger partial charge in [-0.2, -0.15) is 0 Å². The predicted molar refractivity (Wildman–Crippen MR) is 79.5 cm³/mol. The van der Waals surface area contributed by atoms with Gasteiger partial charge in [-0.25, -0.2) is 4.57 Å². The van der Waals surface area contributed by atoms with Gasteiger partial charge in [-0.3, -0.25) is 9.05 Å². The molecule has 0 saturated carbocycles. The van der Waals surface area contributed by atoms with Gasteiger partial charge in [0.2, 0.25) is 0 Å². The summed E-state index contributed by atoms with van der Waals surface area (Å²) in [4.78, 5) is 9.79. The van der Waals surface area contributed by atoms with E-state index in [0.717, 1.165) is 0 Å². The molecule has 160 valence electrons. The molecule has 2 fully saturated rings. The summed E-state index contributed by atoms with van der Waals surface area (Å²) in [5.41, 5.74) is 0. The highest BCUT2D eigenvalue weighted by Crippen LogP contribution is 2.49. The first-order valence-corrected chi connectivity index (χ1v) is 9.32. The third-order valence-corrected chi connectivity index (χ3v) is 5.12. The molecule has 0 aliphatic carbocycles. The Bertz CT molecular complexity index is 488. The summed E-state index contributed by atoms with van der Waals surface area (Å²) < 4.78 is 31.0. The van der Waals surface area contributed by atoms with Crippen LogP contribution < -0.4 is 0 Å². The largest absolute Gasteiger partial charge is 0.477 e. The van der Waals surface area contributed by atoms with Crippen molar-refractivity contribution in [1.29, 1.82) is 0 Å². The third-order valence-electron chi connectivity index (χ3n) is 4.17. The van der Waals surface area contributed by atoms with Crippen LogP contribution in [-0.4, -0.2) is 120 Å². The van der Waals surface area contributed by atoms with Crippen LogP contribution in [0.4, 0.5) is 0 Å². The molecule has 0 bridgehead atoms. The molecule has 10 atom stereocenters. The van der Waals surface area contributed by atoms with E-state index in [9.17, 15) is 40.1 Å². The summed E-state index contributed by atoms with van der Waals surface area (Å²) in [6.45, 7) is -1.62. The predicted octanol–water partition coefficient (Wildman–Crippen LogP) is -5.28. The van der Waals surface area contributed by atoms with Crippen molar-refractivity contribution in [2.45, 2.75) is 61.4 Å². The number of ether oxygens (including phenoxy) is 2. The Labute approximate surface area is 152 Å². The first kappa shape index (κ1) is 23.0. The van der Waals surface area contributed by atoms with Crippen molar-refractivity contribution < 1.29 is 68.8 Å². The van der Waals surface area contributed by atoms with E-state index in [2.05, 4.69) is 9.05 Å². The summed E-state index contributed by atoms with van der Waals surface area (Å²) in [5, 5.41) is 76.2. The lowest BCUT2D eigenvalue weighted by Crippen LogP contribution is -2.59. The first-order chi connectivity index (χ1) is 12.5. The van der Waals surface area contributed by atoms with Gasteiger partial charge >= 0.3 is 7.82 Å². The summed E-state index contributed by atoms with van der Waals surface area (Å²) in [7, 11) is -5.19. The standard InChI is InChI=1S/C12H23O14P/c13-1-3-5(15)7(17)9(19)11(23-3)25-27(21,22)26-12-10(20)8(18)6(16)4(2-14)24-12/h3-20H,1-2H2,(H,21,22)/t3-,4-,5+,6+,7+,8+,9-,10-,11-,12-/m1/s1. The van der Waals surface area contributed by atoms with Gasteiger partial charge in [-0.05, 0) is 0 Å². The molecule has 14 nitrogen and oxygen atoms in total. The summed E-state index contributed by atoms with van der Waals surface area (Å²) >= 11 is 0. The molecule has 15 heteroatoms. The zero-order chi connectivity index (χ0) is 20.5. The molecule has 2 saturated heterocycles. The lowest BCUT2D eigenvalue weighted by molar-refractivity contribution is -0.296. The summed E-state index contributed by atoms with van der Waals surface area (Å²) in [6.07, 6.45) is -18.1. The second-order valence-corrected chi connectivity index (χ2v) is 7.43. The fourth-order valence-corrected chi connectivity index (χ4v) is 3.52. The van der Waals surface area contributed by atoms with Crippen molar-refractivity contribution >= 4 is 7.82 Å². The molecule has 0 amide bonds. The Morgan fingerprint density at radius 1 is 0.667 bits per heavy atom. The maximum absolute atomic E-state index is 12.1. The third kappa shape index (κ3) is 5.01. The van der Waals surface area contributed by atoms with Gasteiger partial charge in [0.15, 0.2) is 12.6 Å². The zero-order valence-electron chi connectivity index (χ0n) is 13.7. The number of aliphatic hydroxyl groups excluding tert-OH is 8. The number of phosphoric ester groups is 1. The van der Waals surface area contributed by atoms with Crippen molar-refractivity contribution in [2.75, 3.05) is 13.2 Å². The van der Waals surface area contributed by atoms with E-state index in [1.54, 1.807) is 0 Å². The molecule has 0 unspecified atom stereocenters. The molecule has 9 N–H and O–H groups in total. The Balaban J connectivity index is 2.06. The minimum atomic E-state index is -5.19. The monoisotopic (exact) mass is 422 g/mol. The van der Waals surface area contributed by atoms with Gasteiger partial charge < -0.3 is 55.2 Å². The molecule has 27 heavy (non-hydrogen) atoms. The second kappa shape index (κ2) is 9.02. The number of hydrogen-bond acceptors (Lipinski definition) is 13. The molecule has 2 aliphatic rings. The van der Waals surface area contributed by atoms with Crippen molar-refractivity contribution in [3.05, 3.63) is 0 Å². The SMILES string of the molecule is O=P(O)(O[C@H]1O[C@H](CO)[C@H](O)[C@H](O)[C@H]1O)O[C@H]1O[C@H](CO)[C@H](O)[C@H](O)[C@H]1O. The maximum atomic E-state index is 12.1. The number of aliphatic hydroxyl groups is 8. The van der Waals surface area contributed by atoms with Crippen LogP contribution in [0.1, 0.15) is 0 Å². The Kier molecular flexibility index (Phi) is 7.68. The van der Waals surface area contributed by atoms with Gasteiger partial charge in [0.1, 0.15) is 48.8 Å². The lowest BCUT2D eigenvalue weighted by atomic mass is 9.99. The molecule has 2 rings (SSSR count). The van der Waals surface area contributed by atoms with Crippen LogP contribution in [0.3, 0.4) is 0 Å². The number of hydrogen-bond donors (Lipinski definition) is 9. The fraction of sp³-hybridized carbons (Fsp3) is 1.00. The minimum absolute atomic E-state index is 0.811. The topological polar surface area (TPSA) is 236 Å². The minimum Gasteiger partial charge on any atom is -0.394 e. The van der Waals surface area contributed by atoms with Crippen LogP contribution in [0, 0.1) is 0 Å². The first-order valence-electron chi connectivity index (χ1n) is 7.83. The number of phosphoric acid groups is 1. The van der Waals surface area contributed by atoms with Crippen molar-refractivity contribution in [2.24, 2.45) is 0 Å². The van der Waals surface area contributed by atoms with Gasteiger partial charge in [-0.15, -0.1) is 0 Å². The maximum Gasteiger partial charge on any atom is 0.477 e. The van der Waals surface area contributed by atoms with Gasteiger partial charge in [-0.1, -0.05) is 0 Å². The molecule has 2 aliphatic heterocycles. The van der Waals surface area contributed by atoms with Crippen LogP contribution in [0.15, 0.2) is 0 Å². The van der Waals surface area contributed by atoms with Crippen molar-refractivity contribution in [3.63, 3.8) is 0 Å².